The summed E-state index contributed by atoms with van der Waals surface area (Å²) in [5.41, 5.74) is 10.4. The van der Waals surface area contributed by atoms with Gasteiger partial charge in [0.05, 0.1) is 5.56 Å². The number of rotatable bonds is 4. The molecule has 2 aromatic rings. The van der Waals surface area contributed by atoms with Crippen molar-refractivity contribution in [2.75, 3.05) is 0 Å². The van der Waals surface area contributed by atoms with Gasteiger partial charge in [-0.15, -0.1) is 0 Å². The second-order valence-electron chi connectivity index (χ2n) is 5.34. The predicted molar refractivity (Wildman–Crippen MR) is 78.6 cm³/mol. The zero-order valence-electron chi connectivity index (χ0n) is 11.9. The topological polar surface area (TPSA) is 60.9 Å². The van der Waals surface area contributed by atoms with Gasteiger partial charge in [0.25, 0.3) is 5.91 Å². The van der Waals surface area contributed by atoms with Crippen LogP contribution >= 0.6 is 0 Å². The van der Waals surface area contributed by atoms with Crippen molar-refractivity contribution in [2.45, 2.75) is 39.2 Å². The SMILES string of the molecule is CCc1c(-c2cccnc2)c(C(N)=O)c(C)n1C1CC1. The number of amides is 1. The van der Waals surface area contributed by atoms with Gasteiger partial charge >= 0.3 is 0 Å². The normalized spacial score (nSPS) is 14.5. The van der Waals surface area contributed by atoms with Crippen LogP contribution in [-0.2, 0) is 6.42 Å². The van der Waals surface area contributed by atoms with Crippen molar-refractivity contribution >= 4 is 5.91 Å². The van der Waals surface area contributed by atoms with Crippen LogP contribution in [0.1, 0.15) is 47.6 Å². The van der Waals surface area contributed by atoms with Crippen molar-refractivity contribution in [2.24, 2.45) is 5.73 Å². The van der Waals surface area contributed by atoms with E-state index in [0.717, 1.165) is 23.2 Å². The summed E-state index contributed by atoms with van der Waals surface area (Å²) in [5, 5.41) is 0. The lowest BCUT2D eigenvalue weighted by Gasteiger charge is -2.10. The van der Waals surface area contributed by atoms with Crippen molar-refractivity contribution in [1.29, 1.82) is 0 Å². The smallest absolute Gasteiger partial charge is 0.251 e. The van der Waals surface area contributed by atoms with Gasteiger partial charge in [-0.2, -0.15) is 0 Å². The quantitative estimate of drug-likeness (QED) is 0.927. The summed E-state index contributed by atoms with van der Waals surface area (Å²) in [4.78, 5) is 16.1. The van der Waals surface area contributed by atoms with Gasteiger partial charge in [-0.3, -0.25) is 9.78 Å². The maximum absolute atomic E-state index is 11.9. The Labute approximate surface area is 118 Å². The lowest BCUT2D eigenvalue weighted by Crippen LogP contribution is -2.13. The molecule has 1 aliphatic rings. The van der Waals surface area contributed by atoms with Crippen molar-refractivity contribution in [3.8, 4) is 11.1 Å². The molecule has 2 heterocycles. The molecule has 0 unspecified atom stereocenters. The Morgan fingerprint density at radius 2 is 2.25 bits per heavy atom. The molecule has 104 valence electrons. The Morgan fingerprint density at radius 3 is 2.75 bits per heavy atom. The summed E-state index contributed by atoms with van der Waals surface area (Å²) in [6.45, 7) is 4.12. The van der Waals surface area contributed by atoms with E-state index >= 15 is 0 Å². The molecule has 0 saturated heterocycles. The lowest BCUT2D eigenvalue weighted by molar-refractivity contribution is 0.1000. The molecule has 0 bridgehead atoms. The standard InChI is InChI=1S/C16H19N3O/c1-3-13-15(11-5-4-8-18-9-11)14(16(17)20)10(2)19(13)12-6-7-12/h4-5,8-9,12H,3,6-7H2,1-2H3,(H2,17,20). The highest BCUT2D eigenvalue weighted by molar-refractivity contribution is 6.02. The summed E-state index contributed by atoms with van der Waals surface area (Å²) >= 11 is 0. The number of carbonyl (C=O) groups excluding carboxylic acids is 1. The summed E-state index contributed by atoms with van der Waals surface area (Å²) in [6.07, 6.45) is 6.80. The first-order chi connectivity index (χ1) is 9.65. The van der Waals surface area contributed by atoms with Gasteiger partial charge in [0.15, 0.2) is 0 Å². The van der Waals surface area contributed by atoms with Crippen LogP contribution in [0.25, 0.3) is 11.1 Å². The highest BCUT2D eigenvalue weighted by Crippen LogP contribution is 2.42. The van der Waals surface area contributed by atoms with E-state index in [1.54, 1.807) is 12.4 Å². The molecule has 3 rings (SSSR count). The van der Waals surface area contributed by atoms with E-state index in [4.69, 9.17) is 5.73 Å². The largest absolute Gasteiger partial charge is 0.366 e. The van der Waals surface area contributed by atoms with Crippen LogP contribution in [0.4, 0.5) is 0 Å². The summed E-state index contributed by atoms with van der Waals surface area (Å²) < 4.78 is 2.31. The third-order valence-electron chi connectivity index (χ3n) is 4.00. The Bertz CT molecular complexity index is 654. The van der Waals surface area contributed by atoms with Gasteiger partial charge in [0.1, 0.15) is 0 Å². The van der Waals surface area contributed by atoms with Crippen LogP contribution in [0.5, 0.6) is 0 Å². The highest BCUT2D eigenvalue weighted by atomic mass is 16.1. The first-order valence-electron chi connectivity index (χ1n) is 7.09. The minimum Gasteiger partial charge on any atom is -0.366 e. The molecule has 0 aromatic carbocycles. The van der Waals surface area contributed by atoms with Crippen LogP contribution in [-0.4, -0.2) is 15.5 Å². The zero-order valence-corrected chi connectivity index (χ0v) is 11.9. The average Bonchev–Trinajstić information content (AvgIpc) is 3.23. The maximum Gasteiger partial charge on any atom is 0.251 e. The summed E-state index contributed by atoms with van der Waals surface area (Å²) in [7, 11) is 0. The van der Waals surface area contributed by atoms with E-state index in [1.165, 1.54) is 18.5 Å². The number of nitrogens with zero attached hydrogens (tertiary/aromatic N) is 2. The van der Waals surface area contributed by atoms with Gasteiger partial charge < -0.3 is 10.3 Å². The molecule has 1 aliphatic carbocycles. The van der Waals surface area contributed by atoms with Crippen LogP contribution < -0.4 is 5.73 Å². The molecule has 4 heteroatoms. The molecule has 1 amide bonds. The Balaban J connectivity index is 2.31. The van der Waals surface area contributed by atoms with E-state index in [0.29, 0.717) is 11.6 Å². The van der Waals surface area contributed by atoms with Crippen LogP contribution in [0.15, 0.2) is 24.5 Å². The minimum atomic E-state index is -0.351. The van der Waals surface area contributed by atoms with E-state index in [-0.39, 0.29) is 5.91 Å². The summed E-state index contributed by atoms with van der Waals surface area (Å²) in [6, 6.07) is 4.42. The van der Waals surface area contributed by atoms with Gasteiger partial charge in [-0.05, 0) is 32.3 Å². The number of hydrogen-bond acceptors (Lipinski definition) is 2. The first-order valence-corrected chi connectivity index (χ1v) is 7.09. The fourth-order valence-corrected chi connectivity index (χ4v) is 3.07. The number of primary amides is 1. The van der Waals surface area contributed by atoms with Crippen molar-refractivity contribution in [3.63, 3.8) is 0 Å². The third-order valence-corrected chi connectivity index (χ3v) is 4.00. The number of pyridine rings is 1. The number of nitrogens with two attached hydrogens (primary N) is 1. The van der Waals surface area contributed by atoms with E-state index in [1.807, 2.05) is 19.1 Å². The molecule has 0 aliphatic heterocycles. The highest BCUT2D eigenvalue weighted by Gasteiger charge is 2.32. The van der Waals surface area contributed by atoms with Crippen molar-refractivity contribution in [1.82, 2.24) is 9.55 Å². The van der Waals surface area contributed by atoms with Gasteiger partial charge in [0, 0.05) is 41.0 Å². The predicted octanol–water partition coefficient (Wildman–Crippen LogP) is 2.85. The van der Waals surface area contributed by atoms with E-state index in [9.17, 15) is 4.79 Å². The van der Waals surface area contributed by atoms with Crippen LogP contribution in [0.2, 0.25) is 0 Å². The average molecular weight is 269 g/mol. The lowest BCUT2D eigenvalue weighted by atomic mass is 10.0. The second-order valence-corrected chi connectivity index (χ2v) is 5.34. The molecule has 0 spiro atoms. The number of hydrogen-bond donors (Lipinski definition) is 1. The molecule has 0 radical (unpaired) electrons. The number of carbonyl (C=O) groups is 1. The Morgan fingerprint density at radius 1 is 1.50 bits per heavy atom. The third kappa shape index (κ3) is 1.92. The van der Waals surface area contributed by atoms with E-state index < -0.39 is 0 Å². The molecular formula is C16H19N3O. The van der Waals surface area contributed by atoms with Crippen molar-refractivity contribution in [3.05, 3.63) is 41.5 Å². The Hall–Kier alpha value is -2.10. The van der Waals surface area contributed by atoms with Gasteiger partial charge in [-0.25, -0.2) is 0 Å². The molecule has 0 atom stereocenters. The van der Waals surface area contributed by atoms with Crippen molar-refractivity contribution < 1.29 is 4.79 Å². The zero-order chi connectivity index (χ0) is 14.3. The fourth-order valence-electron chi connectivity index (χ4n) is 3.07. The van der Waals surface area contributed by atoms with Crippen LogP contribution in [0, 0.1) is 6.92 Å². The number of aromatic nitrogens is 2. The molecule has 20 heavy (non-hydrogen) atoms. The van der Waals surface area contributed by atoms with Crippen LogP contribution in [0.3, 0.4) is 0 Å². The monoisotopic (exact) mass is 269 g/mol. The second kappa shape index (κ2) is 4.78. The molecule has 2 N–H and O–H groups in total. The molecular weight excluding hydrogens is 250 g/mol. The maximum atomic E-state index is 11.9. The summed E-state index contributed by atoms with van der Waals surface area (Å²) in [5.74, 6) is -0.351. The van der Waals surface area contributed by atoms with Gasteiger partial charge in [-0.1, -0.05) is 13.0 Å². The molecule has 2 aromatic heterocycles. The Kier molecular flexibility index (Phi) is 3.08. The molecule has 1 saturated carbocycles. The van der Waals surface area contributed by atoms with Gasteiger partial charge in [0.2, 0.25) is 0 Å². The molecule has 1 fully saturated rings. The first kappa shape index (κ1) is 12.9. The van der Waals surface area contributed by atoms with E-state index in [2.05, 4.69) is 16.5 Å². The minimum absolute atomic E-state index is 0.351. The fraction of sp³-hybridized carbons (Fsp3) is 0.375. The molecule has 4 nitrogen and oxygen atoms in total.